The molecule has 2 aromatic carbocycles. The van der Waals surface area contributed by atoms with E-state index in [1.165, 1.54) is 0 Å². The summed E-state index contributed by atoms with van der Waals surface area (Å²) in [6.45, 7) is 1.85. The van der Waals surface area contributed by atoms with E-state index in [0.717, 1.165) is 15.8 Å². The lowest BCUT2D eigenvalue weighted by Gasteiger charge is -2.14. The molecule has 0 heterocycles. The normalized spacial score (nSPS) is 11.8. The average molecular weight is 349 g/mol. The first-order chi connectivity index (χ1) is 10.0. The van der Waals surface area contributed by atoms with E-state index in [0.29, 0.717) is 11.4 Å². The molecule has 0 saturated carbocycles. The van der Waals surface area contributed by atoms with Crippen molar-refractivity contribution in [1.82, 2.24) is 0 Å². The molecule has 110 valence electrons. The van der Waals surface area contributed by atoms with Gasteiger partial charge in [-0.05, 0) is 58.7 Å². The van der Waals surface area contributed by atoms with E-state index in [4.69, 9.17) is 10.5 Å². The minimum Gasteiger partial charge on any atom is -0.496 e. The van der Waals surface area contributed by atoms with Crippen molar-refractivity contribution in [3.63, 3.8) is 0 Å². The van der Waals surface area contributed by atoms with E-state index in [1.54, 1.807) is 25.3 Å². The van der Waals surface area contributed by atoms with Crippen LogP contribution in [0.1, 0.15) is 18.4 Å². The van der Waals surface area contributed by atoms with Crippen molar-refractivity contribution in [1.29, 1.82) is 0 Å². The molecule has 21 heavy (non-hydrogen) atoms. The second-order valence-electron chi connectivity index (χ2n) is 4.73. The predicted molar refractivity (Wildman–Crippen MR) is 88.6 cm³/mol. The Morgan fingerprint density at radius 1 is 1.29 bits per heavy atom. The Kier molecular flexibility index (Phi) is 4.85. The summed E-state index contributed by atoms with van der Waals surface area (Å²) in [4.78, 5) is 12.3. The molecule has 0 saturated heterocycles. The van der Waals surface area contributed by atoms with Crippen molar-refractivity contribution < 1.29 is 9.53 Å². The minimum atomic E-state index is -0.283. The Labute approximate surface area is 132 Å². The van der Waals surface area contributed by atoms with Gasteiger partial charge >= 0.3 is 0 Å². The molecular formula is C16H17BrN2O2. The van der Waals surface area contributed by atoms with E-state index >= 15 is 0 Å². The van der Waals surface area contributed by atoms with Crippen LogP contribution in [0.25, 0.3) is 0 Å². The maximum atomic E-state index is 12.3. The van der Waals surface area contributed by atoms with Gasteiger partial charge in [0.1, 0.15) is 5.75 Å². The van der Waals surface area contributed by atoms with Gasteiger partial charge in [-0.2, -0.15) is 0 Å². The molecule has 4 nitrogen and oxygen atoms in total. The number of hydrogen-bond donors (Lipinski definition) is 2. The highest BCUT2D eigenvalue weighted by Gasteiger charge is 2.16. The number of benzene rings is 2. The molecule has 2 rings (SSSR count). The molecule has 1 atom stereocenters. The zero-order chi connectivity index (χ0) is 15.4. The molecule has 1 unspecified atom stereocenters. The first-order valence-electron chi connectivity index (χ1n) is 6.51. The van der Waals surface area contributed by atoms with Crippen molar-refractivity contribution in [3.05, 3.63) is 52.5 Å². The number of methoxy groups -OCH3 is 1. The van der Waals surface area contributed by atoms with Crippen molar-refractivity contribution >= 4 is 33.2 Å². The minimum absolute atomic E-state index is 0.0855. The molecule has 0 aliphatic rings. The molecule has 3 N–H and O–H groups in total. The summed E-state index contributed by atoms with van der Waals surface area (Å²) >= 11 is 3.40. The molecule has 0 bridgehead atoms. The number of carbonyl (C=O) groups excluding carboxylic acids is 1. The van der Waals surface area contributed by atoms with Crippen LogP contribution < -0.4 is 15.8 Å². The van der Waals surface area contributed by atoms with Gasteiger partial charge in [-0.3, -0.25) is 4.79 Å². The molecule has 0 spiro atoms. The van der Waals surface area contributed by atoms with Gasteiger partial charge in [-0.1, -0.05) is 12.1 Å². The van der Waals surface area contributed by atoms with Crippen LogP contribution >= 0.6 is 15.9 Å². The van der Waals surface area contributed by atoms with Gasteiger partial charge in [0, 0.05) is 11.4 Å². The first-order valence-corrected chi connectivity index (χ1v) is 7.30. The average Bonchev–Trinajstić information content (AvgIpc) is 2.46. The lowest BCUT2D eigenvalue weighted by atomic mass is 10.00. The smallest absolute Gasteiger partial charge is 0.231 e. The molecule has 5 heteroatoms. The highest BCUT2D eigenvalue weighted by molar-refractivity contribution is 9.10. The number of rotatable bonds is 4. The zero-order valence-electron chi connectivity index (χ0n) is 11.9. The fourth-order valence-electron chi connectivity index (χ4n) is 1.97. The number of nitrogen functional groups attached to an aromatic ring is 1. The van der Waals surface area contributed by atoms with Gasteiger partial charge in [0.2, 0.25) is 5.91 Å². The van der Waals surface area contributed by atoms with Gasteiger partial charge in [0.05, 0.1) is 17.5 Å². The number of carbonyl (C=O) groups is 1. The predicted octanol–water partition coefficient (Wildman–Crippen LogP) is 3.78. The summed E-state index contributed by atoms with van der Waals surface area (Å²) in [5.41, 5.74) is 8.00. The van der Waals surface area contributed by atoms with Crippen LogP contribution in [0.15, 0.2) is 46.9 Å². The van der Waals surface area contributed by atoms with Crippen LogP contribution in [-0.2, 0) is 4.79 Å². The van der Waals surface area contributed by atoms with Gasteiger partial charge < -0.3 is 15.8 Å². The second kappa shape index (κ2) is 6.63. The van der Waals surface area contributed by atoms with Crippen LogP contribution in [0.3, 0.4) is 0 Å². The molecule has 1 amide bonds. The zero-order valence-corrected chi connectivity index (χ0v) is 13.5. The highest BCUT2D eigenvalue weighted by atomic mass is 79.9. The van der Waals surface area contributed by atoms with Crippen LogP contribution in [-0.4, -0.2) is 13.0 Å². The number of nitrogens with one attached hydrogen (secondary N) is 1. The summed E-state index contributed by atoms with van der Waals surface area (Å²) in [7, 11) is 1.60. The lowest BCUT2D eigenvalue weighted by Crippen LogP contribution is -2.19. The quantitative estimate of drug-likeness (QED) is 0.826. The Morgan fingerprint density at radius 3 is 2.67 bits per heavy atom. The molecular weight excluding hydrogens is 332 g/mol. The summed E-state index contributed by atoms with van der Waals surface area (Å²) < 4.78 is 5.95. The van der Waals surface area contributed by atoms with Crippen molar-refractivity contribution in [2.24, 2.45) is 0 Å². The van der Waals surface area contributed by atoms with Crippen LogP contribution in [0.5, 0.6) is 5.75 Å². The Balaban J connectivity index is 2.12. The molecule has 0 aromatic heterocycles. The summed E-state index contributed by atoms with van der Waals surface area (Å²) in [5, 5.41) is 2.89. The highest BCUT2D eigenvalue weighted by Crippen LogP contribution is 2.28. The van der Waals surface area contributed by atoms with E-state index in [9.17, 15) is 4.79 Å². The molecule has 2 aromatic rings. The van der Waals surface area contributed by atoms with Crippen LogP contribution in [0.2, 0.25) is 0 Å². The van der Waals surface area contributed by atoms with Gasteiger partial charge in [-0.15, -0.1) is 0 Å². The maximum absolute atomic E-state index is 12.3. The van der Waals surface area contributed by atoms with Gasteiger partial charge in [0.25, 0.3) is 0 Å². The number of hydrogen-bond acceptors (Lipinski definition) is 3. The number of ether oxygens (including phenoxy) is 1. The Hall–Kier alpha value is -2.01. The van der Waals surface area contributed by atoms with E-state index in [-0.39, 0.29) is 11.8 Å². The third-order valence-corrected chi connectivity index (χ3v) is 3.84. The largest absolute Gasteiger partial charge is 0.496 e. The monoisotopic (exact) mass is 348 g/mol. The fraction of sp³-hybridized carbons (Fsp3) is 0.188. The Morgan fingerprint density at radius 2 is 2.05 bits per heavy atom. The van der Waals surface area contributed by atoms with E-state index in [1.807, 2.05) is 31.2 Å². The first kappa shape index (κ1) is 15.4. The lowest BCUT2D eigenvalue weighted by molar-refractivity contribution is -0.117. The van der Waals surface area contributed by atoms with E-state index in [2.05, 4.69) is 21.2 Å². The molecule has 0 fully saturated rings. The van der Waals surface area contributed by atoms with E-state index < -0.39 is 0 Å². The second-order valence-corrected chi connectivity index (χ2v) is 5.58. The third kappa shape index (κ3) is 3.76. The number of anilines is 2. The van der Waals surface area contributed by atoms with Crippen LogP contribution in [0, 0.1) is 0 Å². The number of amides is 1. The molecule has 0 radical (unpaired) electrons. The van der Waals surface area contributed by atoms with Crippen LogP contribution in [0.4, 0.5) is 11.4 Å². The van der Waals surface area contributed by atoms with Crippen molar-refractivity contribution in [3.8, 4) is 5.75 Å². The molecule has 0 aliphatic heterocycles. The fourth-order valence-corrected chi connectivity index (χ4v) is 2.52. The number of halogens is 1. The van der Waals surface area contributed by atoms with Gasteiger partial charge in [0.15, 0.2) is 0 Å². The number of nitrogens with two attached hydrogens (primary N) is 1. The Bertz CT molecular complexity index is 658. The maximum Gasteiger partial charge on any atom is 0.231 e. The molecule has 0 aliphatic carbocycles. The van der Waals surface area contributed by atoms with Crippen molar-refractivity contribution in [2.75, 3.05) is 18.2 Å². The topological polar surface area (TPSA) is 64.3 Å². The third-order valence-electron chi connectivity index (χ3n) is 3.22. The summed E-state index contributed by atoms with van der Waals surface area (Å²) in [6, 6.07) is 12.8. The van der Waals surface area contributed by atoms with Crippen molar-refractivity contribution in [2.45, 2.75) is 12.8 Å². The van der Waals surface area contributed by atoms with Gasteiger partial charge in [-0.25, -0.2) is 0 Å². The SMILES string of the molecule is COc1ccc(NC(=O)C(C)c2cccc(N)c2)cc1Br. The summed E-state index contributed by atoms with van der Waals surface area (Å²) in [5.74, 6) is 0.351. The standard InChI is InChI=1S/C16H17BrN2O2/c1-10(11-4-3-5-12(18)8-11)16(20)19-13-6-7-15(21-2)14(17)9-13/h3-10H,18H2,1-2H3,(H,19,20). The summed E-state index contributed by atoms with van der Waals surface area (Å²) in [6.07, 6.45) is 0.